The summed E-state index contributed by atoms with van der Waals surface area (Å²) in [6.45, 7) is 0. The number of nitrogens with one attached hydrogen (secondary N) is 3. The van der Waals surface area contributed by atoms with E-state index in [4.69, 9.17) is 24.4 Å². The van der Waals surface area contributed by atoms with Crippen LogP contribution in [0.2, 0.25) is 0 Å². The fourth-order valence-corrected chi connectivity index (χ4v) is 6.32. The van der Waals surface area contributed by atoms with E-state index in [0.29, 0.717) is 9.88 Å². The molecule has 142 valence electrons. The highest BCUT2D eigenvalue weighted by atomic mass is 32.1. The average Bonchev–Trinajstić information content (AvgIpc) is 2.97. The summed E-state index contributed by atoms with van der Waals surface area (Å²) < 4.78 is 15.4. The first-order valence-corrected chi connectivity index (χ1v) is 10.3. The standard InChI is InChI=1S/C19H22FN5S2/c20-14-1-3-15(4-2-14)21-17(26)24-25-16(22-23-18(25)27)19-8-11-5-12(9-19)7-13(6-11)10-19/h1-4,11-13H,5-10H2,(H,23,27)(H2,21,24,26). The van der Waals surface area contributed by atoms with Crippen molar-refractivity contribution in [3.63, 3.8) is 0 Å². The lowest BCUT2D eigenvalue weighted by molar-refractivity contribution is -0.0105. The monoisotopic (exact) mass is 403 g/mol. The Kier molecular flexibility index (Phi) is 4.09. The molecule has 0 unspecified atom stereocenters. The van der Waals surface area contributed by atoms with Crippen LogP contribution in [0.1, 0.15) is 44.3 Å². The number of anilines is 1. The summed E-state index contributed by atoms with van der Waals surface area (Å²) in [5.41, 5.74) is 4.01. The van der Waals surface area contributed by atoms with Gasteiger partial charge in [-0.25, -0.2) is 9.07 Å². The van der Waals surface area contributed by atoms with Gasteiger partial charge in [0.1, 0.15) is 5.82 Å². The van der Waals surface area contributed by atoms with Gasteiger partial charge in [0.2, 0.25) is 4.77 Å². The van der Waals surface area contributed by atoms with E-state index >= 15 is 0 Å². The maximum absolute atomic E-state index is 13.1. The van der Waals surface area contributed by atoms with Crippen LogP contribution in [0.5, 0.6) is 0 Å². The number of rotatable bonds is 3. The Hall–Kier alpha value is -1.80. The van der Waals surface area contributed by atoms with Crippen LogP contribution < -0.4 is 10.7 Å². The molecule has 0 atom stereocenters. The molecular formula is C19H22FN5S2. The Bertz CT molecular complexity index is 897. The van der Waals surface area contributed by atoms with E-state index in [0.717, 1.165) is 29.3 Å². The molecule has 0 amide bonds. The third-order valence-electron chi connectivity index (χ3n) is 6.50. The lowest BCUT2D eigenvalue weighted by Crippen LogP contribution is -2.50. The van der Waals surface area contributed by atoms with Crippen molar-refractivity contribution in [1.29, 1.82) is 0 Å². The van der Waals surface area contributed by atoms with Gasteiger partial charge in [0.05, 0.1) is 0 Å². The maximum Gasteiger partial charge on any atom is 0.214 e. The van der Waals surface area contributed by atoms with Crippen molar-refractivity contribution < 1.29 is 4.39 Å². The minimum atomic E-state index is -0.277. The van der Waals surface area contributed by atoms with E-state index in [1.165, 1.54) is 50.7 Å². The smallest absolute Gasteiger partial charge is 0.214 e. The van der Waals surface area contributed by atoms with Crippen molar-refractivity contribution in [2.45, 2.75) is 43.9 Å². The van der Waals surface area contributed by atoms with Gasteiger partial charge in [-0.1, -0.05) is 0 Å². The van der Waals surface area contributed by atoms with Crippen molar-refractivity contribution in [2.24, 2.45) is 17.8 Å². The van der Waals surface area contributed by atoms with E-state index < -0.39 is 0 Å². The molecule has 6 rings (SSSR count). The summed E-state index contributed by atoms with van der Waals surface area (Å²) in [5, 5.41) is 11.1. The molecule has 4 aliphatic carbocycles. The summed E-state index contributed by atoms with van der Waals surface area (Å²) >= 11 is 10.9. The molecule has 5 nitrogen and oxygen atoms in total. The number of aromatic amines is 1. The van der Waals surface area contributed by atoms with Gasteiger partial charge in [0.25, 0.3) is 0 Å². The van der Waals surface area contributed by atoms with Gasteiger partial charge in [-0.05, 0) is 105 Å². The van der Waals surface area contributed by atoms with Crippen LogP contribution in [0.3, 0.4) is 0 Å². The van der Waals surface area contributed by atoms with Crippen molar-refractivity contribution >= 4 is 35.2 Å². The molecule has 0 spiro atoms. The summed E-state index contributed by atoms with van der Waals surface area (Å²) in [6.07, 6.45) is 7.71. The average molecular weight is 404 g/mol. The number of nitrogens with zero attached hydrogens (tertiary/aromatic N) is 2. The third-order valence-corrected chi connectivity index (χ3v) is 6.97. The molecule has 4 saturated carbocycles. The van der Waals surface area contributed by atoms with Crippen LogP contribution in [0.25, 0.3) is 0 Å². The van der Waals surface area contributed by atoms with Crippen LogP contribution in [0, 0.1) is 28.3 Å². The predicted octanol–water partition coefficient (Wildman–Crippen LogP) is 4.49. The molecule has 2 aromatic rings. The number of hydrogen-bond donors (Lipinski definition) is 3. The van der Waals surface area contributed by atoms with Gasteiger partial charge < -0.3 is 5.32 Å². The lowest BCUT2D eigenvalue weighted by atomic mass is 9.49. The summed E-state index contributed by atoms with van der Waals surface area (Å²) in [5.74, 6) is 3.16. The first-order valence-electron chi connectivity index (χ1n) is 9.52. The Morgan fingerprint density at radius 3 is 2.30 bits per heavy atom. The Balaban J connectivity index is 1.40. The van der Waals surface area contributed by atoms with E-state index in [2.05, 4.69) is 20.9 Å². The van der Waals surface area contributed by atoms with Crippen molar-refractivity contribution in [3.8, 4) is 0 Å². The van der Waals surface area contributed by atoms with E-state index in [-0.39, 0.29) is 11.2 Å². The molecule has 8 heteroatoms. The second-order valence-electron chi connectivity index (χ2n) is 8.46. The summed E-state index contributed by atoms with van der Waals surface area (Å²) in [7, 11) is 0. The van der Waals surface area contributed by atoms with Gasteiger partial charge in [0, 0.05) is 11.1 Å². The first kappa shape index (κ1) is 17.3. The molecule has 4 bridgehead atoms. The van der Waals surface area contributed by atoms with Crippen molar-refractivity contribution in [3.05, 3.63) is 40.7 Å². The Morgan fingerprint density at radius 1 is 1.11 bits per heavy atom. The fourth-order valence-electron chi connectivity index (χ4n) is 5.93. The minimum absolute atomic E-state index is 0.0980. The first-order chi connectivity index (χ1) is 13.0. The molecule has 1 heterocycles. The van der Waals surface area contributed by atoms with Gasteiger partial charge in [0.15, 0.2) is 10.9 Å². The zero-order valence-corrected chi connectivity index (χ0v) is 16.5. The zero-order chi connectivity index (χ0) is 18.6. The molecule has 27 heavy (non-hydrogen) atoms. The molecular weight excluding hydrogens is 381 g/mol. The Labute approximate surface area is 167 Å². The van der Waals surface area contributed by atoms with Crippen LogP contribution in [0.4, 0.5) is 10.1 Å². The molecule has 0 aliphatic heterocycles. The zero-order valence-electron chi connectivity index (χ0n) is 14.9. The molecule has 4 fully saturated rings. The van der Waals surface area contributed by atoms with Gasteiger partial charge in [-0.3, -0.25) is 10.5 Å². The largest absolute Gasteiger partial charge is 0.331 e. The molecule has 0 radical (unpaired) electrons. The van der Waals surface area contributed by atoms with Gasteiger partial charge in [-0.2, -0.15) is 5.10 Å². The third kappa shape index (κ3) is 3.08. The van der Waals surface area contributed by atoms with Crippen LogP contribution in [0.15, 0.2) is 24.3 Å². The number of halogens is 1. The topological polar surface area (TPSA) is 57.7 Å². The highest BCUT2D eigenvalue weighted by Gasteiger charge is 2.53. The highest BCUT2D eigenvalue weighted by Crippen LogP contribution is 2.60. The molecule has 1 aromatic heterocycles. The molecule has 3 N–H and O–H groups in total. The van der Waals surface area contributed by atoms with Crippen molar-refractivity contribution in [1.82, 2.24) is 14.9 Å². The van der Waals surface area contributed by atoms with E-state index in [1.54, 1.807) is 12.1 Å². The predicted molar refractivity (Wildman–Crippen MR) is 109 cm³/mol. The second-order valence-corrected chi connectivity index (χ2v) is 9.25. The number of aromatic nitrogens is 3. The van der Waals surface area contributed by atoms with Crippen LogP contribution in [-0.2, 0) is 5.41 Å². The second kappa shape index (κ2) is 6.38. The quantitative estimate of drug-likeness (QED) is 0.660. The van der Waals surface area contributed by atoms with E-state index in [9.17, 15) is 4.39 Å². The van der Waals surface area contributed by atoms with E-state index in [1.807, 2.05) is 4.68 Å². The molecule has 0 saturated heterocycles. The Morgan fingerprint density at radius 2 is 1.70 bits per heavy atom. The SMILES string of the molecule is Fc1ccc(NC(=S)Nn2c(C34CC5CC(CC(C5)C3)C4)n[nH]c2=S)cc1. The number of benzene rings is 1. The highest BCUT2D eigenvalue weighted by molar-refractivity contribution is 7.80. The summed E-state index contributed by atoms with van der Waals surface area (Å²) in [6, 6.07) is 6.10. The van der Waals surface area contributed by atoms with Crippen LogP contribution in [-0.4, -0.2) is 20.0 Å². The van der Waals surface area contributed by atoms with Gasteiger partial charge >= 0.3 is 0 Å². The minimum Gasteiger partial charge on any atom is -0.331 e. The number of thiocarbonyl (C=S) groups is 1. The normalized spacial score (nSPS) is 31.1. The molecule has 1 aromatic carbocycles. The van der Waals surface area contributed by atoms with Gasteiger partial charge in [-0.15, -0.1) is 0 Å². The number of hydrogen-bond acceptors (Lipinski definition) is 3. The molecule has 4 aliphatic rings. The summed E-state index contributed by atoms with van der Waals surface area (Å²) in [4.78, 5) is 0. The fraction of sp³-hybridized carbons (Fsp3) is 0.526. The maximum atomic E-state index is 13.1. The number of H-pyrrole nitrogens is 1. The van der Waals surface area contributed by atoms with Crippen LogP contribution >= 0.6 is 24.4 Å². The van der Waals surface area contributed by atoms with Crippen molar-refractivity contribution in [2.75, 3.05) is 10.7 Å². The lowest BCUT2D eigenvalue weighted by Gasteiger charge is -2.56.